The van der Waals surface area contributed by atoms with E-state index in [9.17, 15) is 23.4 Å². The summed E-state index contributed by atoms with van der Waals surface area (Å²) in [6, 6.07) is 7.73. The van der Waals surface area contributed by atoms with E-state index < -0.39 is 22.6 Å². The lowest BCUT2D eigenvalue weighted by atomic mass is 10.0. The molecule has 5 nitrogen and oxygen atoms in total. The van der Waals surface area contributed by atoms with Gasteiger partial charge in [0.1, 0.15) is 0 Å². The second kappa shape index (κ2) is 6.18. The van der Waals surface area contributed by atoms with Crippen molar-refractivity contribution in [3.05, 3.63) is 64.6 Å². The van der Waals surface area contributed by atoms with Gasteiger partial charge in [0.15, 0.2) is 5.82 Å². The maximum Gasteiger partial charge on any atom is 0.336 e. The lowest BCUT2D eigenvalue weighted by Gasteiger charge is -2.45. The van der Waals surface area contributed by atoms with E-state index in [1.165, 1.54) is 18.3 Å². The van der Waals surface area contributed by atoms with Gasteiger partial charge in [-0.25, -0.2) is 13.5 Å². The van der Waals surface area contributed by atoms with Crippen LogP contribution in [0.2, 0.25) is 0 Å². The van der Waals surface area contributed by atoms with Crippen molar-refractivity contribution in [3.8, 4) is 0 Å². The first-order valence-electron chi connectivity index (χ1n) is 7.68. The van der Waals surface area contributed by atoms with E-state index in [0.717, 1.165) is 9.87 Å². The van der Waals surface area contributed by atoms with Gasteiger partial charge in [0.2, 0.25) is 0 Å². The van der Waals surface area contributed by atoms with Crippen molar-refractivity contribution >= 4 is 28.5 Å². The molecule has 7 heteroatoms. The summed E-state index contributed by atoms with van der Waals surface area (Å²) >= 11 is 0. The second-order valence-electron chi connectivity index (χ2n) is 5.79. The maximum absolute atomic E-state index is 14.9. The topological polar surface area (TPSA) is 81.0 Å². The van der Waals surface area contributed by atoms with Crippen molar-refractivity contribution in [2.45, 2.75) is 25.2 Å². The Morgan fingerprint density at radius 3 is 2.60 bits per heavy atom. The van der Waals surface area contributed by atoms with Crippen molar-refractivity contribution in [1.29, 1.82) is 0 Å². The average Bonchev–Trinajstić information content (AvgIpc) is 2.54. The average molecular weight is 363 g/mol. The van der Waals surface area contributed by atoms with Gasteiger partial charge in [0, 0.05) is 17.3 Å². The summed E-state index contributed by atoms with van der Waals surface area (Å²) in [5.41, 5.74) is 1.47. The Bertz CT molecular complexity index is 895. The minimum absolute atomic E-state index is 0.0308. The van der Waals surface area contributed by atoms with Gasteiger partial charge in [-0.3, -0.25) is 9.11 Å². The molecule has 0 spiro atoms. The lowest BCUT2D eigenvalue weighted by Crippen LogP contribution is -2.26. The Hall–Kier alpha value is -2.35. The van der Waals surface area contributed by atoms with Crippen LogP contribution in [0, 0.1) is 12.7 Å². The normalized spacial score (nSPS) is 16.4. The molecule has 0 aliphatic carbocycles. The van der Waals surface area contributed by atoms with Gasteiger partial charge in [-0.15, -0.1) is 0 Å². The van der Waals surface area contributed by atoms with Crippen LogP contribution in [-0.4, -0.2) is 20.2 Å². The molecule has 0 fully saturated rings. The zero-order valence-electron chi connectivity index (χ0n) is 13.7. The molecule has 0 saturated heterocycles. The molecule has 2 aromatic carbocycles. The predicted molar refractivity (Wildman–Crippen MR) is 96.5 cm³/mol. The SMILES string of the molecule is CCc1c(C(=O)O)ccc(N2C=Cc3cc(C)ccc3S2(O)O)c1F. The van der Waals surface area contributed by atoms with E-state index in [2.05, 4.69) is 0 Å². The van der Waals surface area contributed by atoms with E-state index in [1.807, 2.05) is 13.0 Å². The monoisotopic (exact) mass is 363 g/mol. The number of anilines is 1. The third kappa shape index (κ3) is 2.80. The number of hydrogen-bond donors (Lipinski definition) is 3. The van der Waals surface area contributed by atoms with Crippen LogP contribution in [0.5, 0.6) is 0 Å². The minimum Gasteiger partial charge on any atom is -0.478 e. The number of carboxylic acid groups (broad SMARTS) is 1. The fraction of sp³-hybridized carbons (Fsp3) is 0.167. The summed E-state index contributed by atoms with van der Waals surface area (Å²) in [6.07, 6.45) is 3.26. The van der Waals surface area contributed by atoms with E-state index in [0.29, 0.717) is 10.5 Å². The van der Waals surface area contributed by atoms with Crippen LogP contribution in [0.1, 0.15) is 34.0 Å². The van der Waals surface area contributed by atoms with Crippen LogP contribution >= 0.6 is 10.8 Å². The summed E-state index contributed by atoms with van der Waals surface area (Å²) in [6.45, 7) is 3.54. The number of aryl methyl sites for hydroxylation is 1. The molecule has 1 aliphatic rings. The molecule has 1 heterocycles. The fourth-order valence-electron chi connectivity index (χ4n) is 2.93. The molecule has 0 bridgehead atoms. The van der Waals surface area contributed by atoms with Gasteiger partial charge in [-0.2, -0.15) is 0 Å². The Kier molecular flexibility index (Phi) is 4.32. The van der Waals surface area contributed by atoms with Crippen molar-refractivity contribution in [2.24, 2.45) is 0 Å². The molecule has 0 amide bonds. The Labute approximate surface area is 146 Å². The number of nitrogens with zero attached hydrogens (tertiary/aromatic N) is 1. The Morgan fingerprint density at radius 1 is 1.24 bits per heavy atom. The molecule has 0 radical (unpaired) electrons. The standard InChI is InChI=1S/C18H18FNO4S/c1-3-13-14(18(21)22)5-6-15(17(13)19)20-9-8-12-10-11(2)4-7-16(12)25(20,23)24/h4-10,23-24H,3H2,1-2H3,(H,21,22). The molecule has 25 heavy (non-hydrogen) atoms. The van der Waals surface area contributed by atoms with E-state index in [1.54, 1.807) is 25.1 Å². The second-order valence-corrected chi connectivity index (χ2v) is 7.66. The molecule has 0 atom stereocenters. The van der Waals surface area contributed by atoms with Crippen molar-refractivity contribution in [3.63, 3.8) is 0 Å². The largest absolute Gasteiger partial charge is 0.478 e. The molecule has 0 unspecified atom stereocenters. The van der Waals surface area contributed by atoms with Crippen LogP contribution < -0.4 is 4.31 Å². The number of halogens is 1. The van der Waals surface area contributed by atoms with Crippen LogP contribution in [0.15, 0.2) is 41.4 Å². The zero-order chi connectivity index (χ0) is 18.4. The van der Waals surface area contributed by atoms with Gasteiger partial charge in [-0.05, 0) is 37.6 Å². The first-order chi connectivity index (χ1) is 11.8. The smallest absolute Gasteiger partial charge is 0.336 e. The summed E-state index contributed by atoms with van der Waals surface area (Å²) in [5.74, 6) is -1.98. The molecule has 3 rings (SSSR count). The van der Waals surface area contributed by atoms with Crippen LogP contribution in [-0.2, 0) is 6.42 Å². The summed E-state index contributed by atoms with van der Waals surface area (Å²) < 4.78 is 37.4. The van der Waals surface area contributed by atoms with Crippen LogP contribution in [0.25, 0.3) is 6.08 Å². The maximum atomic E-state index is 14.9. The number of hydrogen-bond acceptors (Lipinski definition) is 4. The molecule has 2 aromatic rings. The molecular weight excluding hydrogens is 345 g/mol. The number of carboxylic acids is 1. The Balaban J connectivity index is 2.15. The van der Waals surface area contributed by atoms with Gasteiger partial charge >= 0.3 is 5.97 Å². The van der Waals surface area contributed by atoms with E-state index in [4.69, 9.17) is 0 Å². The van der Waals surface area contributed by atoms with Gasteiger partial charge < -0.3 is 5.11 Å². The summed E-state index contributed by atoms with van der Waals surface area (Å²) in [7, 11) is -3.47. The van der Waals surface area contributed by atoms with Crippen molar-refractivity contribution < 1.29 is 23.4 Å². The van der Waals surface area contributed by atoms with E-state index >= 15 is 0 Å². The van der Waals surface area contributed by atoms with Crippen molar-refractivity contribution in [2.75, 3.05) is 4.31 Å². The number of rotatable bonds is 3. The third-order valence-electron chi connectivity index (χ3n) is 4.17. The third-order valence-corrected chi connectivity index (χ3v) is 6.00. The molecule has 0 aromatic heterocycles. The van der Waals surface area contributed by atoms with Crippen molar-refractivity contribution in [1.82, 2.24) is 0 Å². The first kappa shape index (κ1) is 17.5. The highest BCUT2D eigenvalue weighted by atomic mass is 32.3. The van der Waals surface area contributed by atoms with Gasteiger partial charge in [0.05, 0.1) is 16.1 Å². The van der Waals surface area contributed by atoms with E-state index in [-0.39, 0.29) is 23.2 Å². The minimum atomic E-state index is -3.47. The molecule has 132 valence electrons. The van der Waals surface area contributed by atoms with Gasteiger partial charge in [0.25, 0.3) is 0 Å². The highest BCUT2D eigenvalue weighted by Gasteiger charge is 2.32. The number of aromatic carboxylic acids is 1. The highest BCUT2D eigenvalue weighted by Crippen LogP contribution is 2.58. The molecule has 0 saturated carbocycles. The summed E-state index contributed by atoms with van der Waals surface area (Å²) in [4.78, 5) is 11.6. The lowest BCUT2D eigenvalue weighted by molar-refractivity contribution is 0.0695. The predicted octanol–water partition coefficient (Wildman–Crippen LogP) is 4.91. The number of benzene rings is 2. The summed E-state index contributed by atoms with van der Waals surface area (Å²) in [5, 5.41) is 9.19. The fourth-order valence-corrected chi connectivity index (χ4v) is 4.48. The Morgan fingerprint density at radius 2 is 1.96 bits per heavy atom. The van der Waals surface area contributed by atoms with Crippen LogP contribution in [0.4, 0.5) is 10.1 Å². The molecule has 1 aliphatic heterocycles. The number of fused-ring (bicyclic) bond motifs is 1. The first-order valence-corrected chi connectivity index (χ1v) is 9.19. The highest BCUT2D eigenvalue weighted by molar-refractivity contribution is 8.25. The molecular formula is C18H18FNO4S. The van der Waals surface area contributed by atoms with Gasteiger partial charge in [-0.1, -0.05) is 35.4 Å². The quantitative estimate of drug-likeness (QED) is 0.722. The molecule has 3 N–H and O–H groups in total. The number of carbonyl (C=O) groups is 1. The zero-order valence-corrected chi connectivity index (χ0v) is 14.5. The van der Waals surface area contributed by atoms with Crippen LogP contribution in [0.3, 0.4) is 0 Å².